The Bertz CT molecular complexity index is 1580. The number of fused-ring (bicyclic) bond motifs is 1. The molecule has 0 amide bonds. The van der Waals surface area contributed by atoms with E-state index in [4.69, 9.17) is 14.2 Å². The summed E-state index contributed by atoms with van der Waals surface area (Å²) in [6.07, 6.45) is 1.31. The molecule has 0 aliphatic heterocycles. The number of carbonyl (C=O) groups is 3. The summed E-state index contributed by atoms with van der Waals surface area (Å²) in [6, 6.07) is 15.4. The molecule has 6 heteroatoms. The molecule has 1 unspecified atom stereocenters. The molecule has 0 heterocycles. The molecule has 3 aromatic rings. The first-order chi connectivity index (χ1) is 19.3. The van der Waals surface area contributed by atoms with Gasteiger partial charge in [0.25, 0.3) is 0 Å². The van der Waals surface area contributed by atoms with Crippen molar-refractivity contribution in [2.45, 2.75) is 53.6 Å². The highest BCUT2D eigenvalue weighted by atomic mass is 16.6. The maximum absolute atomic E-state index is 12.2. The first-order valence-corrected chi connectivity index (χ1v) is 13.4. The van der Waals surface area contributed by atoms with Gasteiger partial charge in [-0.1, -0.05) is 44.0 Å². The number of hydrogen-bond donors (Lipinski definition) is 0. The lowest BCUT2D eigenvalue weighted by atomic mass is 9.90. The van der Waals surface area contributed by atoms with Crippen molar-refractivity contribution < 1.29 is 28.6 Å². The maximum Gasteiger partial charge on any atom is 0.338 e. The van der Waals surface area contributed by atoms with Crippen LogP contribution in [-0.4, -0.2) is 17.9 Å². The van der Waals surface area contributed by atoms with Crippen LogP contribution in [0.25, 0.3) is 22.3 Å². The summed E-state index contributed by atoms with van der Waals surface area (Å²) in [5.41, 5.74) is 8.74. The second-order valence-electron chi connectivity index (χ2n) is 10.6. The van der Waals surface area contributed by atoms with E-state index in [1.54, 1.807) is 32.9 Å². The zero-order chi connectivity index (χ0) is 30.0. The standard InChI is InChI=1S/C35H34O6/c1-19(2)33(36)39-27-15-26(16-28(18-27)40-34(37)20(3)4)30-14-22(7)29(13-23(30)8)25-10-9-24-11-12-32(31(24)17-25)41-35(38)21(5)6/h9-10,13-18,32H,1,3,5,11-12H2,2,4,6-8H3. The number of hydrogen-bond acceptors (Lipinski definition) is 6. The van der Waals surface area contributed by atoms with Crippen molar-refractivity contribution >= 4 is 17.9 Å². The van der Waals surface area contributed by atoms with Gasteiger partial charge in [0.05, 0.1) is 0 Å². The lowest BCUT2D eigenvalue weighted by Crippen LogP contribution is -2.10. The van der Waals surface area contributed by atoms with E-state index >= 15 is 0 Å². The van der Waals surface area contributed by atoms with Crippen LogP contribution >= 0.6 is 0 Å². The highest BCUT2D eigenvalue weighted by Gasteiger charge is 2.27. The number of carbonyl (C=O) groups excluding carboxylic acids is 3. The van der Waals surface area contributed by atoms with Gasteiger partial charge in [0.15, 0.2) is 0 Å². The summed E-state index contributed by atoms with van der Waals surface area (Å²) in [4.78, 5) is 36.7. The molecule has 6 nitrogen and oxygen atoms in total. The largest absolute Gasteiger partial charge is 0.454 e. The van der Waals surface area contributed by atoms with Gasteiger partial charge in [0.1, 0.15) is 17.6 Å². The van der Waals surface area contributed by atoms with Crippen LogP contribution in [0.4, 0.5) is 0 Å². The van der Waals surface area contributed by atoms with Crippen molar-refractivity contribution in [2.24, 2.45) is 0 Å². The molecule has 0 spiro atoms. The van der Waals surface area contributed by atoms with E-state index in [1.165, 1.54) is 11.6 Å². The first-order valence-electron chi connectivity index (χ1n) is 13.4. The van der Waals surface area contributed by atoms with Crippen LogP contribution in [-0.2, 0) is 25.5 Å². The number of rotatable bonds is 8. The van der Waals surface area contributed by atoms with Crippen LogP contribution in [0.2, 0.25) is 0 Å². The topological polar surface area (TPSA) is 78.9 Å². The molecule has 1 aliphatic rings. The molecule has 1 atom stereocenters. The SMILES string of the molecule is C=C(C)C(=O)Oc1cc(OC(=O)C(=C)C)cc(-c2cc(C)c(-c3ccc4c(c3)C(OC(=O)C(=C)C)CC4)cc2C)c1. The third-order valence-electron chi connectivity index (χ3n) is 6.96. The molecule has 210 valence electrons. The first kappa shape index (κ1) is 29.3. The Hall–Kier alpha value is -4.71. The van der Waals surface area contributed by atoms with Crippen molar-refractivity contribution in [1.29, 1.82) is 0 Å². The fourth-order valence-electron chi connectivity index (χ4n) is 4.76. The Labute approximate surface area is 241 Å². The quantitative estimate of drug-likeness (QED) is 0.162. The summed E-state index contributed by atoms with van der Waals surface area (Å²) in [5.74, 6) is -1.07. The fourth-order valence-corrected chi connectivity index (χ4v) is 4.76. The summed E-state index contributed by atoms with van der Waals surface area (Å²) in [6.45, 7) is 19.8. The van der Waals surface area contributed by atoms with Crippen LogP contribution in [0.1, 0.15) is 55.5 Å². The number of esters is 3. The Morgan fingerprint density at radius 2 is 1.20 bits per heavy atom. The summed E-state index contributed by atoms with van der Waals surface area (Å²) < 4.78 is 16.7. The second-order valence-corrected chi connectivity index (χ2v) is 10.6. The maximum atomic E-state index is 12.2. The van der Waals surface area contributed by atoms with E-state index in [0.717, 1.165) is 51.8 Å². The predicted molar refractivity (Wildman–Crippen MR) is 160 cm³/mol. The molecular weight excluding hydrogens is 516 g/mol. The van der Waals surface area contributed by atoms with E-state index in [2.05, 4.69) is 50.1 Å². The van der Waals surface area contributed by atoms with Gasteiger partial charge < -0.3 is 14.2 Å². The fraction of sp³-hybridized carbons (Fsp3) is 0.229. The second kappa shape index (κ2) is 11.8. The molecule has 41 heavy (non-hydrogen) atoms. The Balaban J connectivity index is 1.73. The Kier molecular flexibility index (Phi) is 8.43. The highest BCUT2D eigenvalue weighted by Crippen LogP contribution is 2.40. The average Bonchev–Trinajstić information content (AvgIpc) is 3.31. The van der Waals surface area contributed by atoms with Crippen LogP contribution in [0, 0.1) is 13.8 Å². The van der Waals surface area contributed by atoms with Gasteiger partial charge in [0, 0.05) is 22.8 Å². The molecule has 0 saturated carbocycles. The normalized spacial score (nSPS) is 13.6. The monoisotopic (exact) mass is 550 g/mol. The minimum absolute atomic E-state index is 0.232. The van der Waals surface area contributed by atoms with E-state index in [1.807, 2.05) is 13.8 Å². The number of aryl methyl sites for hydroxylation is 3. The molecular formula is C35H34O6. The smallest absolute Gasteiger partial charge is 0.338 e. The van der Waals surface area contributed by atoms with Crippen molar-refractivity contribution in [3.05, 3.63) is 107 Å². The van der Waals surface area contributed by atoms with Crippen molar-refractivity contribution in [1.82, 2.24) is 0 Å². The van der Waals surface area contributed by atoms with Gasteiger partial charge in [0.2, 0.25) is 0 Å². The third kappa shape index (κ3) is 6.55. The molecule has 0 saturated heterocycles. The lowest BCUT2D eigenvalue weighted by Gasteiger charge is -2.17. The van der Waals surface area contributed by atoms with E-state index in [0.29, 0.717) is 5.57 Å². The van der Waals surface area contributed by atoms with Gasteiger partial charge in [-0.2, -0.15) is 0 Å². The van der Waals surface area contributed by atoms with Gasteiger partial charge in [-0.25, -0.2) is 14.4 Å². The molecule has 1 aliphatic carbocycles. The van der Waals surface area contributed by atoms with Crippen LogP contribution in [0.3, 0.4) is 0 Å². The minimum atomic E-state index is -0.577. The summed E-state index contributed by atoms with van der Waals surface area (Å²) in [7, 11) is 0. The Morgan fingerprint density at radius 3 is 1.71 bits per heavy atom. The molecule has 3 aromatic carbocycles. The van der Waals surface area contributed by atoms with Gasteiger partial charge in [-0.3, -0.25) is 0 Å². The zero-order valence-electron chi connectivity index (χ0n) is 24.2. The van der Waals surface area contributed by atoms with Crippen molar-refractivity contribution in [2.75, 3.05) is 0 Å². The van der Waals surface area contributed by atoms with E-state index in [9.17, 15) is 14.4 Å². The predicted octanol–water partition coefficient (Wildman–Crippen LogP) is 7.71. The Morgan fingerprint density at radius 1 is 0.683 bits per heavy atom. The summed E-state index contributed by atoms with van der Waals surface area (Å²) in [5, 5.41) is 0. The van der Waals surface area contributed by atoms with Crippen molar-refractivity contribution in [3.8, 4) is 33.8 Å². The molecule has 0 fully saturated rings. The highest BCUT2D eigenvalue weighted by molar-refractivity contribution is 5.91. The van der Waals surface area contributed by atoms with Gasteiger partial charge >= 0.3 is 17.9 Å². The van der Waals surface area contributed by atoms with Crippen LogP contribution < -0.4 is 9.47 Å². The van der Waals surface area contributed by atoms with Crippen LogP contribution in [0.5, 0.6) is 11.5 Å². The van der Waals surface area contributed by atoms with E-state index < -0.39 is 11.9 Å². The molecule has 0 radical (unpaired) electrons. The summed E-state index contributed by atoms with van der Waals surface area (Å²) >= 11 is 0. The number of ether oxygens (including phenoxy) is 3. The average molecular weight is 551 g/mol. The van der Waals surface area contributed by atoms with Crippen LogP contribution in [0.15, 0.2) is 85.0 Å². The molecule has 0 aromatic heterocycles. The zero-order valence-corrected chi connectivity index (χ0v) is 24.2. The van der Waals surface area contributed by atoms with Gasteiger partial charge in [-0.05, 0) is 110 Å². The molecule has 0 bridgehead atoms. The van der Waals surface area contributed by atoms with E-state index in [-0.39, 0.29) is 34.7 Å². The minimum Gasteiger partial charge on any atom is -0.454 e. The van der Waals surface area contributed by atoms with Crippen molar-refractivity contribution in [3.63, 3.8) is 0 Å². The molecule has 0 N–H and O–H groups in total. The third-order valence-corrected chi connectivity index (χ3v) is 6.96. The van der Waals surface area contributed by atoms with Gasteiger partial charge in [-0.15, -0.1) is 0 Å². The number of benzene rings is 3. The lowest BCUT2D eigenvalue weighted by molar-refractivity contribution is -0.144. The molecule has 4 rings (SSSR count).